The van der Waals surface area contributed by atoms with Gasteiger partial charge in [-0.1, -0.05) is 13.8 Å². The van der Waals surface area contributed by atoms with Crippen LogP contribution in [-0.2, 0) is 4.79 Å². The molecule has 1 rings (SSSR count). The fourth-order valence-corrected chi connectivity index (χ4v) is 1.96. The fraction of sp³-hybridized carbons (Fsp3) is 0.800. The van der Waals surface area contributed by atoms with Crippen molar-refractivity contribution in [2.45, 2.75) is 33.1 Å². The van der Waals surface area contributed by atoms with Crippen LogP contribution in [0.2, 0.25) is 0 Å². The molecule has 13 heavy (non-hydrogen) atoms. The van der Waals surface area contributed by atoms with E-state index in [9.17, 15) is 4.79 Å². The quantitative estimate of drug-likeness (QED) is 0.673. The number of nitrogens with zero attached hydrogens (tertiary/aromatic N) is 1. The third kappa shape index (κ3) is 1.67. The van der Waals surface area contributed by atoms with Crippen LogP contribution in [0.1, 0.15) is 33.1 Å². The van der Waals surface area contributed by atoms with Crippen molar-refractivity contribution >= 4 is 5.97 Å². The molecule has 1 saturated carbocycles. The molecule has 3 atom stereocenters. The Bertz CT molecular complexity index is 256. The number of carbonyl (C=O) groups is 1. The number of nitriles is 1. The lowest BCUT2D eigenvalue weighted by atomic mass is 9.67. The molecule has 0 aromatic rings. The highest BCUT2D eigenvalue weighted by Gasteiger charge is 2.44. The van der Waals surface area contributed by atoms with Crippen LogP contribution in [0.15, 0.2) is 0 Å². The largest absolute Gasteiger partial charge is 0.480 e. The van der Waals surface area contributed by atoms with Crippen molar-refractivity contribution in [2.75, 3.05) is 0 Å². The Balaban J connectivity index is 2.82. The number of aliphatic carboxylic acids is 1. The summed E-state index contributed by atoms with van der Waals surface area (Å²) in [6, 6.07) is 1.97. The van der Waals surface area contributed by atoms with Gasteiger partial charge < -0.3 is 5.11 Å². The lowest BCUT2D eigenvalue weighted by Gasteiger charge is -2.34. The Labute approximate surface area is 78.4 Å². The number of carboxylic acid groups (broad SMARTS) is 1. The van der Waals surface area contributed by atoms with Crippen molar-refractivity contribution in [3.63, 3.8) is 0 Å². The average molecular weight is 181 g/mol. The maximum atomic E-state index is 10.9. The Kier molecular flexibility index (Phi) is 2.60. The molecule has 0 aromatic heterocycles. The number of rotatable bonds is 1. The van der Waals surface area contributed by atoms with E-state index in [2.05, 4.69) is 6.92 Å². The second kappa shape index (κ2) is 3.37. The average Bonchev–Trinajstić information content (AvgIpc) is 2.09. The van der Waals surface area contributed by atoms with Crippen LogP contribution in [0, 0.1) is 28.6 Å². The summed E-state index contributed by atoms with van der Waals surface area (Å²) >= 11 is 0. The van der Waals surface area contributed by atoms with Crippen LogP contribution >= 0.6 is 0 Å². The molecule has 0 aromatic carbocycles. The molecule has 0 heterocycles. The normalized spacial score (nSPS) is 39.5. The summed E-state index contributed by atoms with van der Waals surface area (Å²) in [5.74, 6) is -0.0703. The molecule has 3 nitrogen and oxygen atoms in total. The topological polar surface area (TPSA) is 61.1 Å². The van der Waals surface area contributed by atoms with Gasteiger partial charge in [0.25, 0.3) is 0 Å². The number of hydrogen-bond acceptors (Lipinski definition) is 2. The summed E-state index contributed by atoms with van der Waals surface area (Å²) in [7, 11) is 0. The fourth-order valence-electron chi connectivity index (χ4n) is 1.96. The van der Waals surface area contributed by atoms with E-state index >= 15 is 0 Å². The van der Waals surface area contributed by atoms with Gasteiger partial charge in [-0.2, -0.15) is 5.26 Å². The van der Waals surface area contributed by atoms with Crippen molar-refractivity contribution in [3.8, 4) is 6.07 Å². The Morgan fingerprint density at radius 1 is 1.54 bits per heavy atom. The monoisotopic (exact) mass is 181 g/mol. The van der Waals surface area contributed by atoms with Gasteiger partial charge >= 0.3 is 5.97 Å². The minimum atomic E-state index is -1.11. The smallest absolute Gasteiger partial charge is 0.324 e. The summed E-state index contributed by atoms with van der Waals surface area (Å²) in [5.41, 5.74) is -1.11. The minimum absolute atomic E-state index is 0.337. The molecule has 1 fully saturated rings. The van der Waals surface area contributed by atoms with Crippen molar-refractivity contribution < 1.29 is 9.90 Å². The van der Waals surface area contributed by atoms with Gasteiger partial charge in [-0.15, -0.1) is 0 Å². The van der Waals surface area contributed by atoms with Crippen LogP contribution in [0.3, 0.4) is 0 Å². The maximum Gasteiger partial charge on any atom is 0.324 e. The van der Waals surface area contributed by atoms with E-state index in [-0.39, 0.29) is 0 Å². The van der Waals surface area contributed by atoms with Crippen molar-refractivity contribution in [1.29, 1.82) is 5.26 Å². The van der Waals surface area contributed by atoms with Gasteiger partial charge in [0.05, 0.1) is 6.07 Å². The second-order valence-corrected chi connectivity index (χ2v) is 4.20. The Hall–Kier alpha value is -1.04. The van der Waals surface area contributed by atoms with Gasteiger partial charge in [0.2, 0.25) is 0 Å². The molecule has 3 heteroatoms. The SMILES string of the molecule is CC1CCC(C#N)(C(=O)O)CC1C. The molecule has 1 N–H and O–H groups in total. The lowest BCUT2D eigenvalue weighted by molar-refractivity contribution is -0.148. The Morgan fingerprint density at radius 2 is 2.15 bits per heavy atom. The van der Waals surface area contributed by atoms with Crippen LogP contribution in [0.5, 0.6) is 0 Å². The van der Waals surface area contributed by atoms with E-state index in [4.69, 9.17) is 10.4 Å². The number of hydrogen-bond donors (Lipinski definition) is 1. The van der Waals surface area contributed by atoms with E-state index in [1.807, 2.05) is 13.0 Å². The molecule has 0 amide bonds. The molecule has 0 aliphatic heterocycles. The summed E-state index contributed by atoms with van der Waals surface area (Å²) in [5, 5.41) is 17.9. The predicted octanol–water partition coefficient (Wildman–Crippen LogP) is 2.04. The van der Waals surface area contributed by atoms with Crippen LogP contribution in [0.25, 0.3) is 0 Å². The third-order valence-electron chi connectivity index (χ3n) is 3.29. The second-order valence-electron chi connectivity index (χ2n) is 4.20. The van der Waals surface area contributed by atoms with Crippen LogP contribution < -0.4 is 0 Å². The van der Waals surface area contributed by atoms with E-state index in [1.165, 1.54) is 0 Å². The van der Waals surface area contributed by atoms with Crippen molar-refractivity contribution in [3.05, 3.63) is 0 Å². The summed E-state index contributed by atoms with van der Waals surface area (Å²) < 4.78 is 0. The lowest BCUT2D eigenvalue weighted by Crippen LogP contribution is -2.37. The summed E-state index contributed by atoms with van der Waals surface area (Å²) in [6.45, 7) is 4.15. The van der Waals surface area contributed by atoms with Crippen LogP contribution in [-0.4, -0.2) is 11.1 Å². The molecule has 0 radical (unpaired) electrons. The van der Waals surface area contributed by atoms with Crippen LogP contribution in [0.4, 0.5) is 0 Å². The first-order valence-electron chi connectivity index (χ1n) is 4.66. The zero-order valence-corrected chi connectivity index (χ0v) is 8.08. The molecule has 1 aliphatic rings. The van der Waals surface area contributed by atoms with Crippen molar-refractivity contribution in [1.82, 2.24) is 0 Å². The molecule has 72 valence electrons. The molecule has 0 spiro atoms. The highest BCUT2D eigenvalue weighted by Crippen LogP contribution is 2.41. The first kappa shape index (κ1) is 10.0. The molecule has 3 unspecified atom stereocenters. The first-order chi connectivity index (χ1) is 6.02. The van der Waals surface area contributed by atoms with Gasteiger partial charge in [-0.25, -0.2) is 0 Å². The maximum absolute atomic E-state index is 10.9. The highest BCUT2D eigenvalue weighted by atomic mass is 16.4. The first-order valence-corrected chi connectivity index (χ1v) is 4.66. The summed E-state index contributed by atoms with van der Waals surface area (Å²) in [6.07, 6.45) is 1.85. The third-order valence-corrected chi connectivity index (χ3v) is 3.29. The standard InChI is InChI=1S/C10H15NO2/c1-7-3-4-10(6-11,9(12)13)5-8(7)2/h7-8H,3-5H2,1-2H3,(H,12,13). The van der Waals surface area contributed by atoms with E-state index < -0.39 is 11.4 Å². The molecule has 0 bridgehead atoms. The van der Waals surface area contributed by atoms with E-state index in [0.29, 0.717) is 24.7 Å². The van der Waals surface area contributed by atoms with E-state index in [0.717, 1.165) is 6.42 Å². The van der Waals surface area contributed by atoms with Gasteiger partial charge in [0.15, 0.2) is 5.41 Å². The predicted molar refractivity (Wildman–Crippen MR) is 47.9 cm³/mol. The molecule has 0 saturated heterocycles. The highest BCUT2D eigenvalue weighted by molar-refractivity contribution is 5.78. The van der Waals surface area contributed by atoms with Gasteiger partial charge in [0.1, 0.15) is 0 Å². The number of carboxylic acids is 1. The molecular formula is C10H15NO2. The minimum Gasteiger partial charge on any atom is -0.480 e. The van der Waals surface area contributed by atoms with Gasteiger partial charge in [-0.3, -0.25) is 4.79 Å². The Morgan fingerprint density at radius 3 is 2.54 bits per heavy atom. The van der Waals surface area contributed by atoms with E-state index in [1.54, 1.807) is 0 Å². The van der Waals surface area contributed by atoms with Crippen molar-refractivity contribution in [2.24, 2.45) is 17.3 Å². The van der Waals surface area contributed by atoms with Gasteiger partial charge in [-0.05, 0) is 31.1 Å². The van der Waals surface area contributed by atoms with Gasteiger partial charge in [0, 0.05) is 0 Å². The zero-order valence-electron chi connectivity index (χ0n) is 8.08. The zero-order chi connectivity index (χ0) is 10.1. The molecular weight excluding hydrogens is 166 g/mol. The summed E-state index contributed by atoms with van der Waals surface area (Å²) in [4.78, 5) is 10.9. The molecule has 1 aliphatic carbocycles.